The summed E-state index contributed by atoms with van der Waals surface area (Å²) in [6.45, 7) is 1.06. The number of hydrogen-bond donors (Lipinski definition) is 2. The zero-order chi connectivity index (χ0) is 11.5. The highest BCUT2D eigenvalue weighted by atomic mass is 35.5. The Morgan fingerprint density at radius 2 is 2.18 bits per heavy atom. The maximum absolute atomic E-state index is 13.6. The third-order valence-corrected chi connectivity index (χ3v) is 2.28. The van der Waals surface area contributed by atoms with Gasteiger partial charge < -0.3 is 10.8 Å². The maximum atomic E-state index is 13.6. The molecular weight excluding hydrogens is 245 g/mol. The number of hydrogen-bond acceptors (Lipinski definition) is 3. The second-order valence-corrected chi connectivity index (χ2v) is 3.42. The lowest BCUT2D eigenvalue weighted by atomic mass is 10.1. The third-order valence-electron chi connectivity index (χ3n) is 2.28. The Bertz CT molecular complexity index is 501. The molecule has 0 bridgehead atoms. The Morgan fingerprint density at radius 1 is 1.41 bits per heavy atom. The van der Waals surface area contributed by atoms with E-state index >= 15 is 0 Å². The minimum absolute atomic E-state index is 0. The van der Waals surface area contributed by atoms with Crippen LogP contribution in [0.5, 0.6) is 5.75 Å². The lowest BCUT2D eigenvalue weighted by molar-refractivity contribution is 0.433. The van der Waals surface area contributed by atoms with Crippen LogP contribution in [-0.4, -0.2) is 21.4 Å². The number of phenolic OH excluding ortho intramolecular Hbond substituents is 1. The molecule has 0 spiro atoms. The molecule has 0 fully saturated rings. The molecule has 4 nitrogen and oxygen atoms in total. The van der Waals surface area contributed by atoms with Crippen LogP contribution < -0.4 is 5.73 Å². The van der Waals surface area contributed by atoms with Gasteiger partial charge in [-0.1, -0.05) is 12.1 Å². The van der Waals surface area contributed by atoms with E-state index in [1.54, 1.807) is 29.2 Å². The van der Waals surface area contributed by atoms with E-state index in [0.29, 0.717) is 24.2 Å². The van der Waals surface area contributed by atoms with Gasteiger partial charge >= 0.3 is 0 Å². The van der Waals surface area contributed by atoms with Crippen LogP contribution in [0.15, 0.2) is 30.6 Å². The summed E-state index contributed by atoms with van der Waals surface area (Å²) in [7, 11) is 0. The molecule has 2 aromatic rings. The molecule has 6 heteroatoms. The summed E-state index contributed by atoms with van der Waals surface area (Å²) in [5.74, 6) is -0.987. The highest BCUT2D eigenvalue weighted by Gasteiger charge is 2.10. The second-order valence-electron chi connectivity index (χ2n) is 3.42. The van der Waals surface area contributed by atoms with Gasteiger partial charge in [0.2, 0.25) is 0 Å². The van der Waals surface area contributed by atoms with Crippen LogP contribution in [0.4, 0.5) is 4.39 Å². The zero-order valence-corrected chi connectivity index (χ0v) is 9.82. The summed E-state index contributed by atoms with van der Waals surface area (Å²) >= 11 is 0. The van der Waals surface area contributed by atoms with Crippen molar-refractivity contribution in [3.05, 3.63) is 36.4 Å². The van der Waals surface area contributed by atoms with Crippen LogP contribution in [0.25, 0.3) is 11.1 Å². The van der Waals surface area contributed by atoms with Gasteiger partial charge in [0.05, 0.1) is 12.7 Å². The van der Waals surface area contributed by atoms with Gasteiger partial charge in [0.1, 0.15) is 0 Å². The van der Waals surface area contributed by atoms with Crippen LogP contribution in [0.2, 0.25) is 0 Å². The first-order valence-electron chi connectivity index (χ1n) is 4.92. The van der Waals surface area contributed by atoms with Gasteiger partial charge in [-0.25, -0.2) is 4.39 Å². The predicted molar refractivity (Wildman–Crippen MR) is 65.6 cm³/mol. The molecule has 1 heterocycles. The lowest BCUT2D eigenvalue weighted by Crippen LogP contribution is -2.09. The first-order chi connectivity index (χ1) is 7.72. The van der Waals surface area contributed by atoms with Crippen LogP contribution >= 0.6 is 12.4 Å². The fourth-order valence-electron chi connectivity index (χ4n) is 1.50. The van der Waals surface area contributed by atoms with Crippen molar-refractivity contribution in [3.8, 4) is 16.9 Å². The lowest BCUT2D eigenvalue weighted by Gasteiger charge is -2.01. The smallest absolute Gasteiger partial charge is 0.172 e. The first kappa shape index (κ1) is 13.5. The molecule has 1 aromatic heterocycles. The summed E-state index contributed by atoms with van der Waals surface area (Å²) in [4.78, 5) is 0. The van der Waals surface area contributed by atoms with E-state index < -0.39 is 5.82 Å². The summed E-state index contributed by atoms with van der Waals surface area (Å²) in [5, 5.41) is 13.3. The highest BCUT2D eigenvalue weighted by molar-refractivity contribution is 5.85. The molecule has 0 atom stereocenters. The van der Waals surface area contributed by atoms with Crippen LogP contribution in [0, 0.1) is 5.82 Å². The molecule has 0 aliphatic rings. The normalized spacial score (nSPS) is 10.0. The average molecular weight is 258 g/mol. The molecule has 0 unspecified atom stereocenters. The number of rotatable bonds is 3. The summed E-state index contributed by atoms with van der Waals surface area (Å²) < 4.78 is 15.2. The molecule has 2 rings (SSSR count). The van der Waals surface area contributed by atoms with Crippen molar-refractivity contribution < 1.29 is 9.50 Å². The fraction of sp³-hybridized carbons (Fsp3) is 0.182. The van der Waals surface area contributed by atoms with Gasteiger partial charge in [0.15, 0.2) is 11.6 Å². The first-order valence-corrected chi connectivity index (χ1v) is 4.92. The van der Waals surface area contributed by atoms with Crippen molar-refractivity contribution in [1.82, 2.24) is 9.78 Å². The van der Waals surface area contributed by atoms with Crippen molar-refractivity contribution >= 4 is 12.4 Å². The number of phenols is 1. The zero-order valence-electron chi connectivity index (χ0n) is 9.01. The summed E-state index contributed by atoms with van der Waals surface area (Å²) in [6.07, 6.45) is 3.25. The standard InChI is InChI=1S/C11H12FN3O.ClH/c12-11-9(2-1-3-10(11)16)8-6-14-15(7-8)5-4-13;/h1-3,6-7,16H,4-5,13H2;1H. The molecule has 92 valence electrons. The molecule has 0 saturated heterocycles. The molecule has 3 N–H and O–H groups in total. The van der Waals surface area contributed by atoms with E-state index in [1.807, 2.05) is 0 Å². The monoisotopic (exact) mass is 257 g/mol. The van der Waals surface area contributed by atoms with Gasteiger partial charge in [-0.2, -0.15) is 5.10 Å². The van der Waals surface area contributed by atoms with Crippen LogP contribution in [-0.2, 0) is 6.54 Å². The minimum atomic E-state index is -0.630. The SMILES string of the molecule is Cl.NCCn1cc(-c2cccc(O)c2F)cn1. The number of benzene rings is 1. The van der Waals surface area contributed by atoms with Gasteiger partial charge in [0.25, 0.3) is 0 Å². The number of aromatic hydroxyl groups is 1. The quantitative estimate of drug-likeness (QED) is 0.881. The van der Waals surface area contributed by atoms with E-state index in [-0.39, 0.29) is 18.2 Å². The van der Waals surface area contributed by atoms with E-state index in [2.05, 4.69) is 5.10 Å². The van der Waals surface area contributed by atoms with Gasteiger partial charge in [0, 0.05) is 23.9 Å². The van der Waals surface area contributed by atoms with Crippen molar-refractivity contribution in [2.45, 2.75) is 6.54 Å². The number of halogens is 2. The Balaban J connectivity index is 0.00000144. The van der Waals surface area contributed by atoms with E-state index in [1.165, 1.54) is 6.07 Å². The van der Waals surface area contributed by atoms with E-state index in [0.717, 1.165) is 0 Å². The van der Waals surface area contributed by atoms with Crippen LogP contribution in [0.3, 0.4) is 0 Å². The molecule has 0 aliphatic carbocycles. The molecule has 1 aromatic carbocycles. The van der Waals surface area contributed by atoms with Gasteiger partial charge in [-0.15, -0.1) is 12.4 Å². The number of nitrogens with two attached hydrogens (primary N) is 1. The van der Waals surface area contributed by atoms with Crippen molar-refractivity contribution in [3.63, 3.8) is 0 Å². The van der Waals surface area contributed by atoms with Gasteiger partial charge in [-0.3, -0.25) is 4.68 Å². The molecule has 0 saturated carbocycles. The molecule has 0 amide bonds. The second kappa shape index (κ2) is 5.65. The minimum Gasteiger partial charge on any atom is -0.505 e. The number of nitrogens with zero attached hydrogens (tertiary/aromatic N) is 2. The number of aromatic nitrogens is 2. The summed E-state index contributed by atoms with van der Waals surface area (Å²) in [6, 6.07) is 4.50. The van der Waals surface area contributed by atoms with E-state index in [9.17, 15) is 9.50 Å². The third kappa shape index (κ3) is 2.75. The average Bonchev–Trinajstić information content (AvgIpc) is 2.71. The molecule has 0 aliphatic heterocycles. The predicted octanol–water partition coefficient (Wildman–Crippen LogP) is 1.78. The fourth-order valence-corrected chi connectivity index (χ4v) is 1.50. The molecule has 17 heavy (non-hydrogen) atoms. The van der Waals surface area contributed by atoms with Crippen molar-refractivity contribution in [2.75, 3.05) is 6.54 Å². The highest BCUT2D eigenvalue weighted by Crippen LogP contribution is 2.27. The van der Waals surface area contributed by atoms with E-state index in [4.69, 9.17) is 5.73 Å². The maximum Gasteiger partial charge on any atom is 0.172 e. The van der Waals surface area contributed by atoms with Gasteiger partial charge in [-0.05, 0) is 6.07 Å². The Morgan fingerprint density at radius 3 is 2.88 bits per heavy atom. The molecular formula is C11H13ClFN3O. The Kier molecular flexibility index (Phi) is 4.48. The molecule has 0 radical (unpaired) electrons. The summed E-state index contributed by atoms with van der Waals surface area (Å²) in [5.41, 5.74) is 6.35. The largest absolute Gasteiger partial charge is 0.505 e. The van der Waals surface area contributed by atoms with Crippen LogP contribution in [0.1, 0.15) is 0 Å². The van der Waals surface area contributed by atoms with Crippen molar-refractivity contribution in [1.29, 1.82) is 0 Å². The Labute approximate surface area is 104 Å². The topological polar surface area (TPSA) is 64.1 Å². The Hall–Kier alpha value is -1.59. The van der Waals surface area contributed by atoms with Crippen molar-refractivity contribution in [2.24, 2.45) is 5.73 Å².